The first-order valence-electron chi connectivity index (χ1n) is 12.2. The number of fused-ring (bicyclic) bond motifs is 1. The number of carbonyl (C=O) groups excluding carboxylic acids is 2. The Bertz CT molecular complexity index is 1490. The number of hydrogen-bond donors (Lipinski definition) is 1. The van der Waals surface area contributed by atoms with Gasteiger partial charge in [-0.1, -0.05) is 64.0 Å². The number of aromatic amines is 1. The Hall–Kier alpha value is -3.78. The molecule has 0 aliphatic carbocycles. The Labute approximate surface area is 229 Å². The molecular weight excluding hydrogens is 550 g/mol. The van der Waals surface area contributed by atoms with E-state index in [1.807, 2.05) is 61.7 Å². The zero-order chi connectivity index (χ0) is 27.0. The Morgan fingerprint density at radius 3 is 2.34 bits per heavy atom. The van der Waals surface area contributed by atoms with E-state index in [1.165, 1.54) is 5.56 Å². The van der Waals surface area contributed by atoms with Gasteiger partial charge in [-0.15, -0.1) is 0 Å². The number of H-pyrrole nitrogens is 1. The molecular formula is C30H28BrNO6. The highest BCUT2D eigenvalue weighted by molar-refractivity contribution is 9.10. The fourth-order valence-electron chi connectivity index (χ4n) is 4.79. The van der Waals surface area contributed by atoms with Crippen molar-refractivity contribution in [3.05, 3.63) is 93.6 Å². The van der Waals surface area contributed by atoms with E-state index in [4.69, 9.17) is 18.9 Å². The summed E-state index contributed by atoms with van der Waals surface area (Å²) in [5.41, 5.74) is 4.49. The maximum absolute atomic E-state index is 13.3. The third-order valence-electron chi connectivity index (χ3n) is 6.62. The highest BCUT2D eigenvalue weighted by atomic mass is 79.9. The number of benzene rings is 3. The molecule has 1 fully saturated rings. The van der Waals surface area contributed by atoms with Gasteiger partial charge in [-0.05, 0) is 41.8 Å². The van der Waals surface area contributed by atoms with Gasteiger partial charge in [0.1, 0.15) is 6.61 Å². The second kappa shape index (κ2) is 10.2. The molecule has 1 aromatic heterocycles. The Balaban J connectivity index is 1.59. The molecule has 38 heavy (non-hydrogen) atoms. The van der Waals surface area contributed by atoms with Gasteiger partial charge in [0, 0.05) is 41.3 Å². The van der Waals surface area contributed by atoms with Gasteiger partial charge in [0.05, 0.1) is 7.11 Å². The van der Waals surface area contributed by atoms with E-state index in [1.54, 1.807) is 33.1 Å². The van der Waals surface area contributed by atoms with Crippen molar-refractivity contribution in [2.75, 3.05) is 7.11 Å². The summed E-state index contributed by atoms with van der Waals surface area (Å²) < 4.78 is 23.5. The summed E-state index contributed by atoms with van der Waals surface area (Å²) in [4.78, 5) is 29.8. The third-order valence-corrected chi connectivity index (χ3v) is 7.31. The fraction of sp³-hybridized carbons (Fsp3) is 0.267. The minimum Gasteiger partial charge on any atom is -0.493 e. The second-order valence-electron chi connectivity index (χ2n) is 9.79. The average Bonchev–Trinajstić information content (AvgIpc) is 3.29. The summed E-state index contributed by atoms with van der Waals surface area (Å²) in [6, 6.07) is 19.4. The number of halogens is 1. The lowest BCUT2D eigenvalue weighted by Crippen LogP contribution is -2.48. The number of ether oxygens (including phenoxy) is 4. The Morgan fingerprint density at radius 2 is 1.66 bits per heavy atom. The first kappa shape index (κ1) is 25.9. The first-order chi connectivity index (χ1) is 18.2. The average molecular weight is 578 g/mol. The molecule has 1 atom stereocenters. The number of aryl methyl sites for hydroxylation is 1. The Kier molecular flexibility index (Phi) is 6.92. The van der Waals surface area contributed by atoms with Gasteiger partial charge in [0.25, 0.3) is 5.79 Å². The van der Waals surface area contributed by atoms with Crippen molar-refractivity contribution in [2.24, 2.45) is 5.92 Å². The van der Waals surface area contributed by atoms with Crippen molar-refractivity contribution in [2.45, 2.75) is 39.1 Å². The van der Waals surface area contributed by atoms with Gasteiger partial charge in [-0.25, -0.2) is 0 Å². The summed E-state index contributed by atoms with van der Waals surface area (Å²) >= 11 is 3.68. The van der Waals surface area contributed by atoms with Crippen LogP contribution in [0.5, 0.6) is 11.5 Å². The predicted octanol–water partition coefficient (Wildman–Crippen LogP) is 6.41. The quantitative estimate of drug-likeness (QED) is 0.202. The number of carbonyl (C=O) groups is 2. The van der Waals surface area contributed by atoms with Crippen molar-refractivity contribution in [1.29, 1.82) is 0 Å². The third kappa shape index (κ3) is 5.00. The van der Waals surface area contributed by atoms with Crippen LogP contribution in [0, 0.1) is 12.8 Å². The summed E-state index contributed by atoms with van der Waals surface area (Å²) in [7, 11) is 1.55. The van der Waals surface area contributed by atoms with Crippen molar-refractivity contribution >= 4 is 38.8 Å². The number of aromatic nitrogens is 1. The number of esters is 2. The fourth-order valence-corrected chi connectivity index (χ4v) is 5.35. The van der Waals surface area contributed by atoms with E-state index >= 15 is 0 Å². The minimum absolute atomic E-state index is 0.352. The van der Waals surface area contributed by atoms with Crippen molar-refractivity contribution in [3.8, 4) is 11.5 Å². The van der Waals surface area contributed by atoms with Crippen LogP contribution >= 0.6 is 15.9 Å². The molecule has 1 saturated heterocycles. The van der Waals surface area contributed by atoms with Crippen molar-refractivity contribution < 1.29 is 28.5 Å². The Morgan fingerprint density at radius 1 is 0.974 bits per heavy atom. The minimum atomic E-state index is -1.34. The van der Waals surface area contributed by atoms with Crippen molar-refractivity contribution in [1.82, 2.24) is 4.98 Å². The van der Waals surface area contributed by atoms with Crippen LogP contribution < -0.4 is 9.47 Å². The molecule has 3 aromatic carbocycles. The second-order valence-corrected chi connectivity index (χ2v) is 10.6. The molecule has 196 valence electrons. The van der Waals surface area contributed by atoms with E-state index < -0.39 is 29.6 Å². The number of rotatable bonds is 7. The van der Waals surface area contributed by atoms with Crippen molar-refractivity contribution in [3.63, 3.8) is 0 Å². The van der Waals surface area contributed by atoms with Gasteiger partial charge in [0.15, 0.2) is 17.4 Å². The van der Waals surface area contributed by atoms with Gasteiger partial charge in [-0.3, -0.25) is 9.59 Å². The summed E-state index contributed by atoms with van der Waals surface area (Å²) in [5.74, 6) is -3.58. The molecule has 1 aliphatic heterocycles. The molecule has 1 N–H and O–H groups in total. The molecule has 0 spiro atoms. The lowest BCUT2D eigenvalue weighted by atomic mass is 9.79. The summed E-state index contributed by atoms with van der Waals surface area (Å²) in [6.45, 7) is 5.47. The number of cyclic esters (lactones) is 2. The highest BCUT2D eigenvalue weighted by Crippen LogP contribution is 2.46. The molecule has 0 radical (unpaired) electrons. The van der Waals surface area contributed by atoms with Gasteiger partial charge in [-0.2, -0.15) is 0 Å². The molecule has 8 heteroatoms. The van der Waals surface area contributed by atoms with E-state index in [9.17, 15) is 9.59 Å². The van der Waals surface area contributed by atoms with Gasteiger partial charge < -0.3 is 23.9 Å². The van der Waals surface area contributed by atoms with Crippen LogP contribution in [-0.2, 0) is 25.7 Å². The van der Waals surface area contributed by atoms with E-state index in [0.29, 0.717) is 28.1 Å². The number of hydrogen-bond acceptors (Lipinski definition) is 6. The summed E-state index contributed by atoms with van der Waals surface area (Å²) in [5, 5.41) is 0.883. The highest BCUT2D eigenvalue weighted by Gasteiger charge is 2.49. The topological polar surface area (TPSA) is 86.9 Å². The number of methoxy groups -OCH3 is 1. The zero-order valence-electron chi connectivity index (χ0n) is 21.5. The molecule has 0 saturated carbocycles. The predicted molar refractivity (Wildman–Crippen MR) is 146 cm³/mol. The van der Waals surface area contributed by atoms with Crippen LogP contribution in [0.1, 0.15) is 42.0 Å². The molecule has 0 unspecified atom stereocenters. The van der Waals surface area contributed by atoms with E-state index in [0.717, 1.165) is 22.0 Å². The van der Waals surface area contributed by atoms with Crippen LogP contribution in [0.3, 0.4) is 0 Å². The number of nitrogens with one attached hydrogen (secondary N) is 1. The molecule has 2 heterocycles. The van der Waals surface area contributed by atoms with Gasteiger partial charge in [0.2, 0.25) is 0 Å². The van der Waals surface area contributed by atoms with Gasteiger partial charge >= 0.3 is 11.9 Å². The molecule has 0 amide bonds. The standard InChI is InChI=1S/C30H28BrNO6/c1-17-9-11-18(12-10-17)16-36-25-14-22(31)20(13-24(25)35-4)26(21-15-32-23-8-6-5-7-19(21)23)27-28(33)37-30(2,3)38-29(27)34/h5-15,26-27,32H,16H2,1-4H3/t26-/m1/s1. The van der Waals surface area contributed by atoms with Crippen LogP contribution in [0.2, 0.25) is 0 Å². The largest absolute Gasteiger partial charge is 0.493 e. The summed E-state index contributed by atoms with van der Waals surface area (Å²) in [6.07, 6.45) is 1.82. The lowest BCUT2D eigenvalue weighted by Gasteiger charge is -2.36. The smallest absolute Gasteiger partial charge is 0.324 e. The normalized spacial score (nSPS) is 16.1. The molecule has 4 aromatic rings. The van der Waals surface area contributed by atoms with E-state index in [2.05, 4.69) is 20.9 Å². The monoisotopic (exact) mass is 577 g/mol. The zero-order valence-corrected chi connectivity index (χ0v) is 23.1. The maximum atomic E-state index is 13.3. The SMILES string of the molecule is COc1cc([C@H](c2c[nH]c3ccccc23)C2C(=O)OC(C)(C)OC2=O)c(Br)cc1OCc1ccc(C)cc1. The maximum Gasteiger partial charge on any atom is 0.324 e. The van der Waals surface area contributed by atoms with Crippen LogP contribution in [0.4, 0.5) is 0 Å². The molecule has 5 rings (SSSR count). The number of para-hydroxylation sites is 1. The lowest BCUT2D eigenvalue weighted by molar-refractivity contribution is -0.240. The van der Waals surface area contributed by atoms with Crippen LogP contribution in [0.25, 0.3) is 10.9 Å². The van der Waals surface area contributed by atoms with E-state index in [-0.39, 0.29) is 0 Å². The molecule has 7 nitrogen and oxygen atoms in total. The van der Waals surface area contributed by atoms with Crippen LogP contribution in [-0.4, -0.2) is 29.8 Å². The first-order valence-corrected chi connectivity index (χ1v) is 13.0. The molecule has 0 bridgehead atoms. The van der Waals surface area contributed by atoms with Crippen LogP contribution in [0.15, 0.2) is 71.3 Å². The molecule has 1 aliphatic rings.